The lowest BCUT2D eigenvalue weighted by Gasteiger charge is -2.31. The number of amides is 2. The third-order valence-electron chi connectivity index (χ3n) is 6.50. The Morgan fingerprint density at radius 3 is 1.94 bits per heavy atom. The second kappa shape index (κ2) is 11.6. The van der Waals surface area contributed by atoms with Gasteiger partial charge in [-0.1, -0.05) is 39.3 Å². The van der Waals surface area contributed by atoms with Crippen molar-refractivity contribution in [3.8, 4) is 11.5 Å². The highest BCUT2D eigenvalue weighted by Gasteiger charge is 2.31. The molecule has 2 amide bonds. The first kappa shape index (κ1) is 25.1. The van der Waals surface area contributed by atoms with Crippen LogP contribution in [0.15, 0.2) is 48.5 Å². The summed E-state index contributed by atoms with van der Waals surface area (Å²) >= 11 is 5.90. The average Bonchev–Trinajstić information content (AvgIpc) is 2.79. The van der Waals surface area contributed by atoms with Gasteiger partial charge in [0, 0.05) is 16.6 Å². The summed E-state index contributed by atoms with van der Waals surface area (Å²) in [5.74, 6) is 2.46. The summed E-state index contributed by atoms with van der Waals surface area (Å²) < 4.78 is 5.79. The summed E-state index contributed by atoms with van der Waals surface area (Å²) in [6.07, 6.45) is 3.96. The molecule has 0 spiro atoms. The van der Waals surface area contributed by atoms with E-state index in [1.807, 2.05) is 13.8 Å². The van der Waals surface area contributed by atoms with E-state index < -0.39 is 6.04 Å². The molecule has 0 bridgehead atoms. The van der Waals surface area contributed by atoms with E-state index in [4.69, 9.17) is 16.3 Å². The van der Waals surface area contributed by atoms with Gasteiger partial charge in [0.25, 0.3) is 0 Å². The van der Waals surface area contributed by atoms with Gasteiger partial charge in [0.1, 0.15) is 17.5 Å². The van der Waals surface area contributed by atoms with E-state index in [0.29, 0.717) is 34.0 Å². The Kier molecular flexibility index (Phi) is 8.79. The summed E-state index contributed by atoms with van der Waals surface area (Å²) in [6.45, 7) is 8.40. The standard InChI is InChI=1S/C27H35ClN2O3/c1-17(2)19-5-7-20(8-6-19)26(31)30-25(18(3)4)27(32)29-22-11-15-24(16-12-22)33-23-13-9-21(28)10-14-23/h9-20,25H,5-8H2,1-4H3,(H,29,32)(H,30,31)/t19?,20?,25-/m1/s1. The maximum absolute atomic E-state index is 13.0. The smallest absolute Gasteiger partial charge is 0.247 e. The number of halogens is 1. The lowest BCUT2D eigenvalue weighted by atomic mass is 9.76. The summed E-state index contributed by atoms with van der Waals surface area (Å²) in [7, 11) is 0. The second-order valence-corrected chi connectivity index (χ2v) is 10.1. The van der Waals surface area contributed by atoms with Gasteiger partial charge in [0.05, 0.1) is 0 Å². The molecule has 1 aliphatic rings. The molecule has 2 aromatic carbocycles. The number of nitrogens with one attached hydrogen (secondary N) is 2. The number of carbonyl (C=O) groups excluding carboxylic acids is 2. The number of rotatable bonds is 8. The normalized spacial score (nSPS) is 19.2. The van der Waals surface area contributed by atoms with Crippen molar-refractivity contribution in [1.29, 1.82) is 0 Å². The largest absolute Gasteiger partial charge is 0.457 e. The van der Waals surface area contributed by atoms with E-state index in [-0.39, 0.29) is 23.7 Å². The van der Waals surface area contributed by atoms with Crippen molar-refractivity contribution in [3.05, 3.63) is 53.6 Å². The number of hydrogen-bond acceptors (Lipinski definition) is 3. The average molecular weight is 471 g/mol. The lowest BCUT2D eigenvalue weighted by molar-refractivity contribution is -0.131. The van der Waals surface area contributed by atoms with Gasteiger partial charge in [-0.25, -0.2) is 0 Å². The van der Waals surface area contributed by atoms with E-state index in [0.717, 1.165) is 25.7 Å². The van der Waals surface area contributed by atoms with Gasteiger partial charge in [-0.05, 0) is 92.0 Å². The molecule has 2 aromatic rings. The molecule has 33 heavy (non-hydrogen) atoms. The van der Waals surface area contributed by atoms with Gasteiger partial charge in [-0.2, -0.15) is 0 Å². The molecule has 1 fully saturated rings. The Labute approximate surface area is 202 Å². The molecule has 2 N–H and O–H groups in total. The van der Waals surface area contributed by atoms with Crippen molar-refractivity contribution < 1.29 is 14.3 Å². The topological polar surface area (TPSA) is 67.4 Å². The highest BCUT2D eigenvalue weighted by molar-refractivity contribution is 6.30. The zero-order valence-corrected chi connectivity index (χ0v) is 20.7. The first-order valence-electron chi connectivity index (χ1n) is 11.9. The first-order valence-corrected chi connectivity index (χ1v) is 12.3. The van der Waals surface area contributed by atoms with Crippen molar-refractivity contribution in [2.45, 2.75) is 59.4 Å². The molecule has 6 heteroatoms. The van der Waals surface area contributed by atoms with Gasteiger partial charge in [-0.15, -0.1) is 0 Å². The van der Waals surface area contributed by atoms with Crippen LogP contribution in [0.2, 0.25) is 5.02 Å². The zero-order valence-electron chi connectivity index (χ0n) is 19.9. The maximum Gasteiger partial charge on any atom is 0.247 e. The van der Waals surface area contributed by atoms with Crippen molar-refractivity contribution in [2.24, 2.45) is 23.7 Å². The van der Waals surface area contributed by atoms with Crippen molar-refractivity contribution >= 4 is 29.1 Å². The van der Waals surface area contributed by atoms with Gasteiger partial charge >= 0.3 is 0 Å². The summed E-state index contributed by atoms with van der Waals surface area (Å²) in [4.78, 5) is 25.8. The van der Waals surface area contributed by atoms with Crippen molar-refractivity contribution in [1.82, 2.24) is 5.32 Å². The predicted octanol–water partition coefficient (Wildman–Crippen LogP) is 6.67. The predicted molar refractivity (Wildman–Crippen MR) is 134 cm³/mol. The number of benzene rings is 2. The fraction of sp³-hybridized carbons (Fsp3) is 0.481. The highest BCUT2D eigenvalue weighted by atomic mass is 35.5. The van der Waals surface area contributed by atoms with Crippen LogP contribution in [0, 0.1) is 23.7 Å². The molecular weight excluding hydrogens is 436 g/mol. The molecule has 1 atom stereocenters. The van der Waals surface area contributed by atoms with E-state index >= 15 is 0 Å². The molecule has 0 aromatic heterocycles. The minimum absolute atomic E-state index is 0.00153. The second-order valence-electron chi connectivity index (χ2n) is 9.66. The van der Waals surface area contributed by atoms with Crippen LogP contribution < -0.4 is 15.4 Å². The minimum Gasteiger partial charge on any atom is -0.457 e. The van der Waals surface area contributed by atoms with Gasteiger partial charge in [0.15, 0.2) is 0 Å². The molecule has 0 saturated heterocycles. The Morgan fingerprint density at radius 2 is 1.42 bits per heavy atom. The Balaban J connectivity index is 1.55. The third-order valence-corrected chi connectivity index (χ3v) is 6.76. The fourth-order valence-electron chi connectivity index (χ4n) is 4.32. The van der Waals surface area contributed by atoms with Crippen LogP contribution in [-0.4, -0.2) is 17.9 Å². The van der Waals surface area contributed by atoms with E-state index in [2.05, 4.69) is 24.5 Å². The Bertz CT molecular complexity index is 917. The summed E-state index contributed by atoms with van der Waals surface area (Å²) in [5, 5.41) is 6.59. The van der Waals surface area contributed by atoms with Gasteiger partial charge in [0.2, 0.25) is 11.8 Å². The molecule has 0 radical (unpaired) electrons. The number of carbonyl (C=O) groups is 2. The highest BCUT2D eigenvalue weighted by Crippen LogP contribution is 2.33. The molecule has 178 valence electrons. The number of ether oxygens (including phenoxy) is 1. The number of hydrogen-bond donors (Lipinski definition) is 2. The van der Waals surface area contributed by atoms with Crippen LogP contribution in [0.5, 0.6) is 11.5 Å². The van der Waals surface area contributed by atoms with Crippen LogP contribution in [0.3, 0.4) is 0 Å². The quantitative estimate of drug-likeness (QED) is 0.452. The summed E-state index contributed by atoms with van der Waals surface area (Å²) in [5.41, 5.74) is 0.654. The summed E-state index contributed by atoms with van der Waals surface area (Å²) in [6, 6.07) is 13.7. The molecule has 0 unspecified atom stereocenters. The van der Waals surface area contributed by atoms with Gasteiger partial charge < -0.3 is 15.4 Å². The lowest BCUT2D eigenvalue weighted by Crippen LogP contribution is -2.49. The van der Waals surface area contributed by atoms with Gasteiger partial charge in [-0.3, -0.25) is 9.59 Å². The zero-order chi connectivity index (χ0) is 24.0. The van der Waals surface area contributed by atoms with Crippen LogP contribution in [0.25, 0.3) is 0 Å². The van der Waals surface area contributed by atoms with E-state index in [1.165, 1.54) is 0 Å². The first-order chi connectivity index (χ1) is 15.7. The minimum atomic E-state index is -0.578. The van der Waals surface area contributed by atoms with Crippen LogP contribution in [-0.2, 0) is 9.59 Å². The third kappa shape index (κ3) is 7.23. The van der Waals surface area contributed by atoms with Crippen molar-refractivity contribution in [3.63, 3.8) is 0 Å². The molecule has 3 rings (SSSR count). The molecule has 1 aliphatic carbocycles. The van der Waals surface area contributed by atoms with Crippen LogP contribution in [0.4, 0.5) is 5.69 Å². The van der Waals surface area contributed by atoms with Crippen LogP contribution >= 0.6 is 11.6 Å². The maximum atomic E-state index is 13.0. The van der Waals surface area contributed by atoms with Crippen LogP contribution in [0.1, 0.15) is 53.4 Å². The van der Waals surface area contributed by atoms with E-state index in [9.17, 15) is 9.59 Å². The van der Waals surface area contributed by atoms with E-state index in [1.54, 1.807) is 48.5 Å². The Morgan fingerprint density at radius 1 is 0.879 bits per heavy atom. The Hall–Kier alpha value is -2.53. The molecular formula is C27H35ClN2O3. The molecule has 0 aliphatic heterocycles. The monoisotopic (exact) mass is 470 g/mol. The number of anilines is 1. The molecule has 0 heterocycles. The van der Waals surface area contributed by atoms with Crippen molar-refractivity contribution in [2.75, 3.05) is 5.32 Å². The molecule has 5 nitrogen and oxygen atoms in total. The SMILES string of the molecule is CC(C)C1CCC(C(=O)N[C@@H](C(=O)Nc2ccc(Oc3ccc(Cl)cc3)cc2)C(C)C)CC1. The fourth-order valence-corrected chi connectivity index (χ4v) is 4.45. The molecule has 1 saturated carbocycles.